The zero-order valence-corrected chi connectivity index (χ0v) is 12.9. The Bertz CT molecular complexity index is 597. The molecule has 112 valence electrons. The Morgan fingerprint density at radius 1 is 1.00 bits per heavy atom. The molecule has 1 N–H and O–H groups in total. The van der Waals surface area contributed by atoms with Crippen LogP contribution in [0.4, 0.5) is 0 Å². The van der Waals surface area contributed by atoms with E-state index in [0.29, 0.717) is 12.4 Å². The van der Waals surface area contributed by atoms with Gasteiger partial charge in [-0.1, -0.05) is 6.07 Å². The first-order valence-corrected chi connectivity index (χ1v) is 6.84. The molecule has 0 aromatic carbocycles. The molecule has 2 rings (SSSR count). The average molecular weight is 287 g/mol. The third kappa shape index (κ3) is 3.70. The Morgan fingerprint density at radius 2 is 1.81 bits per heavy atom. The first-order valence-electron chi connectivity index (χ1n) is 6.84. The van der Waals surface area contributed by atoms with Crippen LogP contribution in [0.1, 0.15) is 22.4 Å². The normalized spacial score (nSPS) is 10.5. The smallest absolute Gasteiger partial charge is 0.212 e. The van der Waals surface area contributed by atoms with Crippen LogP contribution in [0.15, 0.2) is 24.5 Å². The molecule has 0 saturated heterocycles. The van der Waals surface area contributed by atoms with E-state index in [1.165, 1.54) is 0 Å². The maximum Gasteiger partial charge on any atom is 0.212 e. The van der Waals surface area contributed by atoms with Gasteiger partial charge in [-0.15, -0.1) is 0 Å². The van der Waals surface area contributed by atoms with Crippen LogP contribution < -0.4 is 14.8 Å². The molecule has 5 heteroatoms. The van der Waals surface area contributed by atoms with E-state index in [4.69, 9.17) is 9.47 Å². The van der Waals surface area contributed by atoms with Crippen molar-refractivity contribution >= 4 is 0 Å². The first kappa shape index (κ1) is 15.3. The van der Waals surface area contributed by atoms with Crippen LogP contribution in [0.2, 0.25) is 0 Å². The molecule has 0 radical (unpaired) electrons. The van der Waals surface area contributed by atoms with Crippen LogP contribution in [0, 0.1) is 13.8 Å². The molecule has 0 aliphatic heterocycles. The number of nitrogens with zero attached hydrogens (tertiary/aromatic N) is 2. The summed E-state index contributed by atoms with van der Waals surface area (Å²) in [5.41, 5.74) is 4.24. The molecule has 0 atom stereocenters. The van der Waals surface area contributed by atoms with Crippen molar-refractivity contribution in [3.8, 4) is 11.6 Å². The number of aromatic nitrogens is 2. The van der Waals surface area contributed by atoms with E-state index < -0.39 is 0 Å². The highest BCUT2D eigenvalue weighted by Crippen LogP contribution is 2.23. The monoisotopic (exact) mass is 287 g/mol. The second-order valence-electron chi connectivity index (χ2n) is 4.86. The Morgan fingerprint density at radius 3 is 2.43 bits per heavy atom. The van der Waals surface area contributed by atoms with Crippen molar-refractivity contribution in [3.63, 3.8) is 0 Å². The highest BCUT2D eigenvalue weighted by Gasteiger charge is 2.08. The molecule has 21 heavy (non-hydrogen) atoms. The second-order valence-corrected chi connectivity index (χ2v) is 4.86. The van der Waals surface area contributed by atoms with Crippen molar-refractivity contribution < 1.29 is 9.47 Å². The molecule has 0 saturated carbocycles. The summed E-state index contributed by atoms with van der Waals surface area (Å²) in [5, 5.41) is 3.37. The first-order chi connectivity index (χ1) is 10.2. The molecule has 2 aromatic heterocycles. The van der Waals surface area contributed by atoms with Gasteiger partial charge in [0.15, 0.2) is 0 Å². The van der Waals surface area contributed by atoms with Gasteiger partial charge in [0.05, 0.1) is 19.9 Å². The fraction of sp³-hybridized carbons (Fsp3) is 0.375. The maximum absolute atomic E-state index is 5.41. The lowest BCUT2D eigenvalue weighted by Crippen LogP contribution is -2.15. The molecule has 0 fully saturated rings. The average Bonchev–Trinajstić information content (AvgIpc) is 2.51. The van der Waals surface area contributed by atoms with Gasteiger partial charge in [-0.3, -0.25) is 4.98 Å². The highest BCUT2D eigenvalue weighted by molar-refractivity contribution is 5.41. The standard InChI is InChI=1S/C16H21N3O2/c1-11-7-18-14(12(2)16(11)21-4)10-17-8-13-5-6-15(20-3)19-9-13/h5-7,9,17H,8,10H2,1-4H3. The predicted octanol–water partition coefficient (Wildman–Crippen LogP) is 2.40. The van der Waals surface area contributed by atoms with Crippen LogP contribution in [-0.4, -0.2) is 24.2 Å². The Labute approximate surface area is 125 Å². The summed E-state index contributed by atoms with van der Waals surface area (Å²) in [4.78, 5) is 8.65. The van der Waals surface area contributed by atoms with Crippen molar-refractivity contribution in [2.45, 2.75) is 26.9 Å². The van der Waals surface area contributed by atoms with Gasteiger partial charge in [0.25, 0.3) is 0 Å². The minimum absolute atomic E-state index is 0.625. The van der Waals surface area contributed by atoms with E-state index in [2.05, 4.69) is 15.3 Å². The van der Waals surface area contributed by atoms with E-state index in [1.54, 1.807) is 14.2 Å². The number of ether oxygens (including phenoxy) is 2. The summed E-state index contributed by atoms with van der Waals surface area (Å²) >= 11 is 0. The SMILES string of the molecule is COc1ccc(CNCc2ncc(C)c(OC)c2C)cn1. The van der Waals surface area contributed by atoms with Crippen molar-refractivity contribution in [3.05, 3.63) is 46.9 Å². The van der Waals surface area contributed by atoms with Gasteiger partial charge in [-0.05, 0) is 19.4 Å². The van der Waals surface area contributed by atoms with Crippen LogP contribution in [0.25, 0.3) is 0 Å². The number of pyridine rings is 2. The highest BCUT2D eigenvalue weighted by atomic mass is 16.5. The van der Waals surface area contributed by atoms with Crippen LogP contribution in [0.5, 0.6) is 11.6 Å². The molecule has 2 aromatic rings. The van der Waals surface area contributed by atoms with Crippen molar-refractivity contribution in [2.24, 2.45) is 0 Å². The lowest BCUT2D eigenvalue weighted by molar-refractivity contribution is 0.397. The van der Waals surface area contributed by atoms with Crippen LogP contribution in [-0.2, 0) is 13.1 Å². The fourth-order valence-electron chi connectivity index (χ4n) is 2.21. The number of methoxy groups -OCH3 is 2. The van der Waals surface area contributed by atoms with E-state index in [1.807, 2.05) is 38.4 Å². The second kappa shape index (κ2) is 7.04. The number of nitrogens with one attached hydrogen (secondary N) is 1. The van der Waals surface area contributed by atoms with Crippen molar-refractivity contribution in [1.82, 2.24) is 15.3 Å². The van der Waals surface area contributed by atoms with Gasteiger partial charge < -0.3 is 14.8 Å². The van der Waals surface area contributed by atoms with Crippen molar-refractivity contribution in [1.29, 1.82) is 0 Å². The molecule has 5 nitrogen and oxygen atoms in total. The lowest BCUT2D eigenvalue weighted by atomic mass is 10.1. The quantitative estimate of drug-likeness (QED) is 0.884. The van der Waals surface area contributed by atoms with Crippen LogP contribution >= 0.6 is 0 Å². The lowest BCUT2D eigenvalue weighted by Gasteiger charge is -2.12. The van der Waals surface area contributed by atoms with Gasteiger partial charge in [-0.25, -0.2) is 4.98 Å². The zero-order valence-electron chi connectivity index (χ0n) is 12.9. The fourth-order valence-corrected chi connectivity index (χ4v) is 2.21. The van der Waals surface area contributed by atoms with E-state index >= 15 is 0 Å². The zero-order chi connectivity index (χ0) is 15.2. The summed E-state index contributed by atoms with van der Waals surface area (Å²) in [7, 11) is 3.30. The molecule has 0 bridgehead atoms. The molecular weight excluding hydrogens is 266 g/mol. The minimum Gasteiger partial charge on any atom is -0.496 e. The summed E-state index contributed by atoms with van der Waals surface area (Å²) in [6.07, 6.45) is 3.65. The Kier molecular flexibility index (Phi) is 5.11. The summed E-state index contributed by atoms with van der Waals surface area (Å²) in [5.74, 6) is 1.53. The Balaban J connectivity index is 1.97. The maximum atomic E-state index is 5.41. The number of rotatable bonds is 6. The molecule has 2 heterocycles. The molecule has 0 aliphatic carbocycles. The molecular formula is C16H21N3O2. The summed E-state index contributed by atoms with van der Waals surface area (Å²) in [6.45, 7) is 5.45. The summed E-state index contributed by atoms with van der Waals surface area (Å²) < 4.78 is 10.5. The summed E-state index contributed by atoms with van der Waals surface area (Å²) in [6, 6.07) is 3.85. The molecule has 0 spiro atoms. The largest absolute Gasteiger partial charge is 0.496 e. The molecule has 0 unspecified atom stereocenters. The third-order valence-corrected chi connectivity index (χ3v) is 3.38. The Hall–Kier alpha value is -2.14. The van der Waals surface area contributed by atoms with E-state index in [0.717, 1.165) is 34.7 Å². The minimum atomic E-state index is 0.625. The topological polar surface area (TPSA) is 56.3 Å². The third-order valence-electron chi connectivity index (χ3n) is 3.38. The van der Waals surface area contributed by atoms with Gasteiger partial charge in [0.1, 0.15) is 5.75 Å². The number of hydrogen-bond acceptors (Lipinski definition) is 5. The molecule has 0 amide bonds. The predicted molar refractivity (Wildman–Crippen MR) is 81.6 cm³/mol. The van der Waals surface area contributed by atoms with Crippen LogP contribution in [0.3, 0.4) is 0 Å². The molecule has 0 aliphatic rings. The van der Waals surface area contributed by atoms with Crippen molar-refractivity contribution in [2.75, 3.05) is 14.2 Å². The van der Waals surface area contributed by atoms with E-state index in [-0.39, 0.29) is 0 Å². The van der Waals surface area contributed by atoms with Gasteiger partial charge >= 0.3 is 0 Å². The van der Waals surface area contributed by atoms with E-state index in [9.17, 15) is 0 Å². The number of hydrogen-bond donors (Lipinski definition) is 1. The van der Waals surface area contributed by atoms with Gasteiger partial charge in [-0.2, -0.15) is 0 Å². The number of aryl methyl sites for hydroxylation is 1. The van der Waals surface area contributed by atoms with Gasteiger partial charge in [0.2, 0.25) is 5.88 Å². The van der Waals surface area contributed by atoms with Gasteiger partial charge in [0, 0.05) is 42.7 Å².